The number of nitrogens with zero attached hydrogens (tertiary/aromatic N) is 3. The van der Waals surface area contributed by atoms with E-state index in [0.717, 1.165) is 6.54 Å². The van der Waals surface area contributed by atoms with Gasteiger partial charge in [0.05, 0.1) is 6.20 Å². The molecule has 0 bridgehead atoms. The van der Waals surface area contributed by atoms with Crippen LogP contribution in [0.1, 0.15) is 31.7 Å². The summed E-state index contributed by atoms with van der Waals surface area (Å²) in [4.78, 5) is 2.47. The highest BCUT2D eigenvalue weighted by atomic mass is 15.2. The van der Waals surface area contributed by atoms with E-state index in [0.29, 0.717) is 5.92 Å². The summed E-state index contributed by atoms with van der Waals surface area (Å²) in [5, 5.41) is 4.26. The third-order valence-electron chi connectivity index (χ3n) is 4.15. The van der Waals surface area contributed by atoms with Crippen molar-refractivity contribution in [2.75, 3.05) is 18.0 Å². The van der Waals surface area contributed by atoms with Crippen LogP contribution in [0.4, 0.5) is 5.69 Å². The molecule has 2 aromatic rings. The van der Waals surface area contributed by atoms with Crippen molar-refractivity contribution in [2.45, 2.75) is 26.2 Å². The SMILES string of the molecule is CCN1CC[C@@H](C)c2cc(-c3cnn(C)c3)ccc21. The van der Waals surface area contributed by atoms with Crippen LogP contribution in [0.25, 0.3) is 11.1 Å². The van der Waals surface area contributed by atoms with Crippen molar-refractivity contribution in [3.05, 3.63) is 36.2 Å². The van der Waals surface area contributed by atoms with Crippen LogP contribution >= 0.6 is 0 Å². The molecule has 0 saturated heterocycles. The van der Waals surface area contributed by atoms with Crippen molar-refractivity contribution in [3.63, 3.8) is 0 Å². The zero-order valence-electron chi connectivity index (χ0n) is 11.9. The van der Waals surface area contributed by atoms with Crippen LogP contribution in [-0.2, 0) is 7.05 Å². The number of fused-ring (bicyclic) bond motifs is 1. The van der Waals surface area contributed by atoms with Gasteiger partial charge in [-0.2, -0.15) is 5.10 Å². The number of rotatable bonds is 2. The van der Waals surface area contributed by atoms with E-state index in [1.807, 2.05) is 17.9 Å². The Labute approximate surface area is 114 Å². The second kappa shape index (κ2) is 4.72. The van der Waals surface area contributed by atoms with Gasteiger partial charge in [0.2, 0.25) is 0 Å². The van der Waals surface area contributed by atoms with Gasteiger partial charge in [0, 0.05) is 37.6 Å². The summed E-state index contributed by atoms with van der Waals surface area (Å²) in [6, 6.07) is 6.84. The molecular formula is C16H21N3. The molecule has 0 saturated carbocycles. The lowest BCUT2D eigenvalue weighted by Gasteiger charge is -2.34. The van der Waals surface area contributed by atoms with E-state index < -0.39 is 0 Å². The second-order valence-corrected chi connectivity index (χ2v) is 5.45. The number of aryl methyl sites for hydroxylation is 1. The van der Waals surface area contributed by atoms with Crippen molar-refractivity contribution in [1.29, 1.82) is 0 Å². The Balaban J connectivity index is 2.05. The maximum absolute atomic E-state index is 4.26. The van der Waals surface area contributed by atoms with Crippen LogP contribution in [0, 0.1) is 0 Å². The van der Waals surface area contributed by atoms with Gasteiger partial charge in [0.25, 0.3) is 0 Å². The molecule has 0 spiro atoms. The minimum atomic E-state index is 0.648. The predicted octanol–water partition coefficient (Wildman–Crippen LogP) is 3.42. The fourth-order valence-corrected chi connectivity index (χ4v) is 2.94. The molecule has 3 rings (SSSR count). The first-order chi connectivity index (χ1) is 9.19. The largest absolute Gasteiger partial charge is 0.372 e. The minimum absolute atomic E-state index is 0.648. The van der Waals surface area contributed by atoms with Gasteiger partial charge in [-0.25, -0.2) is 0 Å². The summed E-state index contributed by atoms with van der Waals surface area (Å²) in [6.45, 7) is 6.83. The highest BCUT2D eigenvalue weighted by Crippen LogP contribution is 2.37. The summed E-state index contributed by atoms with van der Waals surface area (Å²) in [6.07, 6.45) is 5.26. The van der Waals surface area contributed by atoms with Crippen LogP contribution in [0.2, 0.25) is 0 Å². The van der Waals surface area contributed by atoms with Gasteiger partial charge in [-0.05, 0) is 42.5 Å². The van der Waals surface area contributed by atoms with Crippen molar-refractivity contribution >= 4 is 5.69 Å². The van der Waals surface area contributed by atoms with E-state index in [2.05, 4.69) is 48.2 Å². The molecule has 0 amide bonds. The number of benzene rings is 1. The van der Waals surface area contributed by atoms with E-state index in [1.165, 1.54) is 35.3 Å². The maximum atomic E-state index is 4.26. The first-order valence-electron chi connectivity index (χ1n) is 7.07. The lowest BCUT2D eigenvalue weighted by Crippen LogP contribution is -2.30. The monoisotopic (exact) mass is 255 g/mol. The lowest BCUT2D eigenvalue weighted by atomic mass is 9.89. The molecule has 1 aromatic heterocycles. The van der Waals surface area contributed by atoms with Crippen molar-refractivity contribution in [3.8, 4) is 11.1 Å². The molecule has 0 N–H and O–H groups in total. The highest BCUT2D eigenvalue weighted by molar-refractivity contribution is 5.69. The highest BCUT2D eigenvalue weighted by Gasteiger charge is 2.21. The molecule has 0 radical (unpaired) electrons. The second-order valence-electron chi connectivity index (χ2n) is 5.45. The number of hydrogen-bond acceptors (Lipinski definition) is 2. The molecule has 1 aliphatic rings. The fourth-order valence-electron chi connectivity index (χ4n) is 2.94. The first-order valence-corrected chi connectivity index (χ1v) is 7.07. The van der Waals surface area contributed by atoms with E-state index in [9.17, 15) is 0 Å². The van der Waals surface area contributed by atoms with Crippen LogP contribution in [0.3, 0.4) is 0 Å². The third kappa shape index (κ3) is 2.14. The summed E-state index contributed by atoms with van der Waals surface area (Å²) in [5.41, 5.74) is 5.37. The molecule has 3 nitrogen and oxygen atoms in total. The molecule has 1 atom stereocenters. The Hall–Kier alpha value is -1.77. The summed E-state index contributed by atoms with van der Waals surface area (Å²) < 4.78 is 1.86. The first kappa shape index (κ1) is 12.3. The van der Waals surface area contributed by atoms with Gasteiger partial charge >= 0.3 is 0 Å². The van der Waals surface area contributed by atoms with E-state index in [-0.39, 0.29) is 0 Å². The fraction of sp³-hybridized carbons (Fsp3) is 0.438. The van der Waals surface area contributed by atoms with E-state index in [1.54, 1.807) is 0 Å². The Bertz CT molecular complexity index is 585. The van der Waals surface area contributed by atoms with Crippen LogP contribution in [0.15, 0.2) is 30.6 Å². The lowest BCUT2D eigenvalue weighted by molar-refractivity contribution is 0.619. The summed E-state index contributed by atoms with van der Waals surface area (Å²) in [7, 11) is 1.96. The van der Waals surface area contributed by atoms with Crippen molar-refractivity contribution in [2.24, 2.45) is 7.05 Å². The topological polar surface area (TPSA) is 21.1 Å². The predicted molar refractivity (Wildman–Crippen MR) is 79.6 cm³/mol. The Morgan fingerprint density at radius 3 is 2.84 bits per heavy atom. The molecule has 3 heteroatoms. The van der Waals surface area contributed by atoms with E-state index in [4.69, 9.17) is 0 Å². The average molecular weight is 255 g/mol. The Kier molecular flexibility index (Phi) is 3.05. The quantitative estimate of drug-likeness (QED) is 0.820. The van der Waals surface area contributed by atoms with Crippen LogP contribution in [-0.4, -0.2) is 22.9 Å². The molecule has 1 aliphatic heterocycles. The summed E-state index contributed by atoms with van der Waals surface area (Å²) >= 11 is 0. The smallest absolute Gasteiger partial charge is 0.0568 e. The van der Waals surface area contributed by atoms with Gasteiger partial charge in [0.15, 0.2) is 0 Å². The molecule has 2 heterocycles. The van der Waals surface area contributed by atoms with Gasteiger partial charge in [-0.3, -0.25) is 4.68 Å². The molecule has 0 unspecified atom stereocenters. The number of anilines is 1. The molecule has 0 aliphatic carbocycles. The maximum Gasteiger partial charge on any atom is 0.0568 e. The number of hydrogen-bond donors (Lipinski definition) is 0. The average Bonchev–Trinajstić information content (AvgIpc) is 2.86. The molecule has 19 heavy (non-hydrogen) atoms. The Morgan fingerprint density at radius 1 is 1.32 bits per heavy atom. The van der Waals surface area contributed by atoms with Crippen molar-refractivity contribution < 1.29 is 0 Å². The molecule has 0 fully saturated rings. The zero-order valence-corrected chi connectivity index (χ0v) is 11.9. The standard InChI is InChI=1S/C16H21N3/c1-4-19-8-7-12(2)15-9-13(5-6-16(15)19)14-10-17-18(3)11-14/h5-6,9-12H,4,7-8H2,1-3H3/t12-/m1/s1. The molecular weight excluding hydrogens is 234 g/mol. The van der Waals surface area contributed by atoms with E-state index >= 15 is 0 Å². The minimum Gasteiger partial charge on any atom is -0.372 e. The third-order valence-corrected chi connectivity index (χ3v) is 4.15. The van der Waals surface area contributed by atoms with Gasteiger partial charge in [-0.15, -0.1) is 0 Å². The van der Waals surface area contributed by atoms with Gasteiger partial charge < -0.3 is 4.90 Å². The van der Waals surface area contributed by atoms with Gasteiger partial charge in [-0.1, -0.05) is 13.0 Å². The number of aromatic nitrogens is 2. The Morgan fingerprint density at radius 2 is 2.16 bits per heavy atom. The zero-order chi connectivity index (χ0) is 13.4. The summed E-state index contributed by atoms with van der Waals surface area (Å²) in [5.74, 6) is 0.648. The van der Waals surface area contributed by atoms with Crippen LogP contribution < -0.4 is 4.90 Å². The molecule has 100 valence electrons. The molecule has 1 aromatic carbocycles. The van der Waals surface area contributed by atoms with Gasteiger partial charge in [0.1, 0.15) is 0 Å². The van der Waals surface area contributed by atoms with Crippen molar-refractivity contribution in [1.82, 2.24) is 9.78 Å². The normalized spacial score (nSPS) is 18.5. The van der Waals surface area contributed by atoms with Crippen LogP contribution in [0.5, 0.6) is 0 Å².